The quantitative estimate of drug-likeness (QED) is 0.826. The number of aryl methyl sites for hydroxylation is 1. The summed E-state index contributed by atoms with van der Waals surface area (Å²) in [5, 5.41) is 3.58. The normalized spacial score (nSPS) is 23.9. The van der Waals surface area contributed by atoms with Crippen LogP contribution in [0.5, 0.6) is 0 Å². The molecule has 0 radical (unpaired) electrons. The number of nitrogen functional groups attached to an aromatic ring is 1. The molecule has 1 saturated carbocycles. The van der Waals surface area contributed by atoms with Crippen molar-refractivity contribution in [2.45, 2.75) is 39.5 Å². The van der Waals surface area contributed by atoms with E-state index < -0.39 is 0 Å². The van der Waals surface area contributed by atoms with Crippen LogP contribution in [0.1, 0.15) is 38.3 Å². The van der Waals surface area contributed by atoms with Crippen molar-refractivity contribution in [3.05, 3.63) is 11.0 Å². The molecule has 100 valence electrons. The maximum Gasteiger partial charge on any atom is 0.224 e. The predicted octanol–water partition coefficient (Wildman–Crippen LogP) is 3.26. The SMILES string of the molecule is Cc1nc(Cl)nc(NCC2CCCCC2C)c1N. The van der Waals surface area contributed by atoms with Crippen LogP contribution in [0.4, 0.5) is 11.5 Å². The predicted molar refractivity (Wildman–Crippen MR) is 75.8 cm³/mol. The van der Waals surface area contributed by atoms with Crippen molar-refractivity contribution in [1.82, 2.24) is 9.97 Å². The van der Waals surface area contributed by atoms with E-state index in [-0.39, 0.29) is 5.28 Å². The van der Waals surface area contributed by atoms with Gasteiger partial charge in [0.1, 0.15) is 0 Å². The molecule has 2 atom stereocenters. The zero-order valence-electron chi connectivity index (χ0n) is 11.0. The Morgan fingerprint density at radius 3 is 2.78 bits per heavy atom. The standard InChI is InChI=1S/C13H21ClN4/c1-8-5-3-4-6-10(8)7-16-12-11(15)9(2)17-13(14)18-12/h8,10H,3-7,15H2,1-2H3,(H,16,17,18). The number of aromatic nitrogens is 2. The highest BCUT2D eigenvalue weighted by Crippen LogP contribution is 2.30. The fourth-order valence-electron chi connectivity index (χ4n) is 2.61. The van der Waals surface area contributed by atoms with E-state index in [0.717, 1.165) is 18.2 Å². The molecule has 2 rings (SSSR count). The van der Waals surface area contributed by atoms with Gasteiger partial charge < -0.3 is 11.1 Å². The number of anilines is 2. The number of rotatable bonds is 3. The zero-order valence-corrected chi connectivity index (χ0v) is 11.8. The topological polar surface area (TPSA) is 63.8 Å². The number of halogens is 1. The van der Waals surface area contributed by atoms with Crippen LogP contribution < -0.4 is 11.1 Å². The maximum absolute atomic E-state index is 5.96. The Hall–Kier alpha value is -1.03. The fourth-order valence-corrected chi connectivity index (χ4v) is 2.82. The van der Waals surface area contributed by atoms with Gasteiger partial charge in [-0.3, -0.25) is 0 Å². The van der Waals surface area contributed by atoms with Gasteiger partial charge in [0.05, 0.1) is 11.4 Å². The smallest absolute Gasteiger partial charge is 0.224 e. The number of hydrogen-bond acceptors (Lipinski definition) is 4. The van der Waals surface area contributed by atoms with Crippen molar-refractivity contribution in [2.75, 3.05) is 17.6 Å². The molecular weight excluding hydrogens is 248 g/mol. The average molecular weight is 269 g/mol. The monoisotopic (exact) mass is 268 g/mol. The summed E-state index contributed by atoms with van der Waals surface area (Å²) in [6.07, 6.45) is 5.30. The molecule has 1 aliphatic carbocycles. The number of nitrogens with zero attached hydrogens (tertiary/aromatic N) is 2. The van der Waals surface area contributed by atoms with Crippen LogP contribution in [-0.4, -0.2) is 16.5 Å². The Morgan fingerprint density at radius 1 is 1.33 bits per heavy atom. The van der Waals surface area contributed by atoms with Gasteiger partial charge in [-0.1, -0.05) is 26.2 Å². The second-order valence-corrected chi connectivity index (χ2v) is 5.58. The van der Waals surface area contributed by atoms with Crippen LogP contribution >= 0.6 is 11.6 Å². The highest BCUT2D eigenvalue weighted by atomic mass is 35.5. The lowest BCUT2D eigenvalue weighted by Gasteiger charge is -2.29. The molecule has 2 unspecified atom stereocenters. The number of nitrogens with one attached hydrogen (secondary N) is 1. The number of nitrogens with two attached hydrogens (primary N) is 1. The molecule has 1 aromatic heterocycles. The molecule has 0 aliphatic heterocycles. The summed E-state index contributed by atoms with van der Waals surface area (Å²) in [7, 11) is 0. The lowest BCUT2D eigenvalue weighted by atomic mass is 9.80. The average Bonchev–Trinajstić information content (AvgIpc) is 2.33. The van der Waals surface area contributed by atoms with E-state index >= 15 is 0 Å². The Bertz CT molecular complexity index is 422. The second kappa shape index (κ2) is 5.74. The third kappa shape index (κ3) is 3.05. The van der Waals surface area contributed by atoms with Gasteiger partial charge in [0.25, 0.3) is 0 Å². The highest BCUT2D eigenvalue weighted by Gasteiger charge is 2.21. The van der Waals surface area contributed by atoms with E-state index in [1.807, 2.05) is 6.92 Å². The largest absolute Gasteiger partial charge is 0.394 e. The molecule has 1 fully saturated rings. The van der Waals surface area contributed by atoms with Crippen LogP contribution in [0, 0.1) is 18.8 Å². The van der Waals surface area contributed by atoms with Crippen molar-refractivity contribution in [2.24, 2.45) is 11.8 Å². The van der Waals surface area contributed by atoms with Gasteiger partial charge in [0.2, 0.25) is 5.28 Å². The highest BCUT2D eigenvalue weighted by molar-refractivity contribution is 6.28. The summed E-state index contributed by atoms with van der Waals surface area (Å²) >= 11 is 5.85. The summed E-state index contributed by atoms with van der Waals surface area (Å²) in [5.74, 6) is 2.14. The molecule has 5 heteroatoms. The summed E-state index contributed by atoms with van der Waals surface area (Å²) in [5.41, 5.74) is 7.29. The maximum atomic E-state index is 5.96. The number of hydrogen-bond donors (Lipinski definition) is 2. The summed E-state index contributed by atoms with van der Waals surface area (Å²) in [6, 6.07) is 0. The van der Waals surface area contributed by atoms with Crippen molar-refractivity contribution in [1.29, 1.82) is 0 Å². The summed E-state index contributed by atoms with van der Waals surface area (Å²) < 4.78 is 0. The van der Waals surface area contributed by atoms with Crippen molar-refractivity contribution in [3.63, 3.8) is 0 Å². The van der Waals surface area contributed by atoms with Crippen LogP contribution in [0.2, 0.25) is 5.28 Å². The molecule has 4 nitrogen and oxygen atoms in total. The third-order valence-electron chi connectivity index (χ3n) is 3.93. The van der Waals surface area contributed by atoms with Crippen molar-refractivity contribution < 1.29 is 0 Å². The summed E-state index contributed by atoms with van der Waals surface area (Å²) in [4.78, 5) is 8.19. The van der Waals surface area contributed by atoms with Crippen LogP contribution in [0.15, 0.2) is 0 Å². The van der Waals surface area contributed by atoms with E-state index in [0.29, 0.717) is 17.4 Å². The molecule has 1 aliphatic rings. The first-order chi connectivity index (χ1) is 8.58. The first-order valence-electron chi connectivity index (χ1n) is 6.61. The second-order valence-electron chi connectivity index (χ2n) is 5.24. The van der Waals surface area contributed by atoms with Crippen LogP contribution in [-0.2, 0) is 0 Å². The van der Waals surface area contributed by atoms with Gasteiger partial charge in [0, 0.05) is 6.54 Å². The van der Waals surface area contributed by atoms with Gasteiger partial charge in [-0.2, -0.15) is 4.98 Å². The zero-order chi connectivity index (χ0) is 13.1. The molecule has 1 aromatic rings. The van der Waals surface area contributed by atoms with E-state index in [4.69, 9.17) is 17.3 Å². The minimum absolute atomic E-state index is 0.251. The van der Waals surface area contributed by atoms with Gasteiger partial charge in [0.15, 0.2) is 5.82 Å². The lowest BCUT2D eigenvalue weighted by molar-refractivity contribution is 0.268. The van der Waals surface area contributed by atoms with E-state index in [1.165, 1.54) is 25.7 Å². The molecule has 3 N–H and O–H groups in total. The molecule has 1 heterocycles. The van der Waals surface area contributed by atoms with Crippen molar-refractivity contribution in [3.8, 4) is 0 Å². The van der Waals surface area contributed by atoms with E-state index in [2.05, 4.69) is 22.2 Å². The van der Waals surface area contributed by atoms with Gasteiger partial charge in [-0.25, -0.2) is 4.98 Å². The summed E-state index contributed by atoms with van der Waals surface area (Å²) in [6.45, 7) is 5.09. The Kier molecular flexibility index (Phi) is 4.27. The van der Waals surface area contributed by atoms with E-state index in [1.54, 1.807) is 0 Å². The molecule has 0 aromatic carbocycles. The van der Waals surface area contributed by atoms with E-state index in [9.17, 15) is 0 Å². The molecule has 0 saturated heterocycles. The van der Waals surface area contributed by atoms with Gasteiger partial charge in [-0.15, -0.1) is 0 Å². The Morgan fingerprint density at radius 2 is 2.06 bits per heavy atom. The molecule has 18 heavy (non-hydrogen) atoms. The Balaban J connectivity index is 2.01. The fraction of sp³-hybridized carbons (Fsp3) is 0.692. The minimum atomic E-state index is 0.251. The Labute approximate surface area is 113 Å². The lowest BCUT2D eigenvalue weighted by Crippen LogP contribution is -2.25. The molecule has 0 bridgehead atoms. The first kappa shape index (κ1) is 13.4. The van der Waals surface area contributed by atoms with Crippen LogP contribution in [0.25, 0.3) is 0 Å². The first-order valence-corrected chi connectivity index (χ1v) is 6.99. The molecule has 0 spiro atoms. The van der Waals surface area contributed by atoms with Gasteiger partial charge >= 0.3 is 0 Å². The van der Waals surface area contributed by atoms with Crippen LogP contribution in [0.3, 0.4) is 0 Å². The molecule has 0 amide bonds. The van der Waals surface area contributed by atoms with Crippen molar-refractivity contribution >= 4 is 23.1 Å². The third-order valence-corrected chi connectivity index (χ3v) is 4.10. The molecular formula is C13H21ClN4. The minimum Gasteiger partial charge on any atom is -0.394 e. The van der Waals surface area contributed by atoms with Gasteiger partial charge in [-0.05, 0) is 36.8 Å².